The molecule has 1 saturated carbocycles. The molecular weight excluding hydrogens is 206 g/mol. The van der Waals surface area contributed by atoms with Crippen LogP contribution in [0.15, 0.2) is 0 Å². The molecule has 0 bridgehead atoms. The summed E-state index contributed by atoms with van der Waals surface area (Å²) in [7, 11) is 2.12. The van der Waals surface area contributed by atoms with Gasteiger partial charge in [-0.2, -0.15) is 0 Å². The van der Waals surface area contributed by atoms with Crippen molar-refractivity contribution in [3.05, 3.63) is 0 Å². The van der Waals surface area contributed by atoms with Crippen LogP contribution in [0.3, 0.4) is 0 Å². The summed E-state index contributed by atoms with van der Waals surface area (Å²) >= 11 is 0. The molecule has 0 aromatic carbocycles. The third kappa shape index (κ3) is 4.99. The molecule has 2 unspecified atom stereocenters. The molecule has 0 aromatic rings. The quantitative estimate of drug-likeness (QED) is 0.755. The van der Waals surface area contributed by atoms with Gasteiger partial charge in [-0.25, -0.2) is 0 Å². The SMILES string of the molecule is CNC1CCCCC(CC(C)(C)C(C)C)CC1. The second kappa shape index (κ2) is 6.78. The minimum absolute atomic E-state index is 0.513. The van der Waals surface area contributed by atoms with Crippen molar-refractivity contribution in [3.8, 4) is 0 Å². The zero-order valence-corrected chi connectivity index (χ0v) is 12.7. The first-order valence-electron chi connectivity index (χ1n) is 7.63. The molecule has 1 fully saturated rings. The second-order valence-corrected chi connectivity index (χ2v) is 7.06. The fraction of sp³-hybridized carbons (Fsp3) is 1.00. The highest BCUT2D eigenvalue weighted by atomic mass is 14.9. The Morgan fingerprint density at radius 3 is 2.29 bits per heavy atom. The molecule has 0 aromatic heterocycles. The van der Waals surface area contributed by atoms with Crippen LogP contribution < -0.4 is 5.32 Å². The summed E-state index contributed by atoms with van der Waals surface area (Å²) < 4.78 is 0. The van der Waals surface area contributed by atoms with Crippen molar-refractivity contribution in [2.75, 3.05) is 7.05 Å². The summed E-state index contributed by atoms with van der Waals surface area (Å²) in [6.45, 7) is 9.65. The maximum absolute atomic E-state index is 3.48. The molecule has 1 aliphatic rings. The van der Waals surface area contributed by atoms with Gasteiger partial charge in [-0.15, -0.1) is 0 Å². The van der Waals surface area contributed by atoms with Crippen molar-refractivity contribution in [3.63, 3.8) is 0 Å². The lowest BCUT2D eigenvalue weighted by atomic mass is 9.71. The first-order chi connectivity index (χ1) is 7.95. The Morgan fingerprint density at radius 2 is 1.71 bits per heavy atom. The standard InChI is InChI=1S/C16H33N/c1-13(2)16(3,4)12-14-8-6-7-9-15(17-5)11-10-14/h13-15,17H,6-12H2,1-5H3. The number of rotatable bonds is 4. The van der Waals surface area contributed by atoms with Crippen LogP contribution in [0.1, 0.15) is 72.6 Å². The minimum Gasteiger partial charge on any atom is -0.317 e. The van der Waals surface area contributed by atoms with Crippen LogP contribution in [-0.4, -0.2) is 13.1 Å². The third-order valence-corrected chi connectivity index (χ3v) is 5.12. The topological polar surface area (TPSA) is 12.0 Å². The number of hydrogen-bond acceptors (Lipinski definition) is 1. The van der Waals surface area contributed by atoms with Crippen LogP contribution in [0.4, 0.5) is 0 Å². The molecule has 1 nitrogen and oxygen atoms in total. The van der Waals surface area contributed by atoms with E-state index < -0.39 is 0 Å². The minimum atomic E-state index is 0.513. The molecule has 2 atom stereocenters. The summed E-state index contributed by atoms with van der Waals surface area (Å²) in [6, 6.07) is 0.778. The molecule has 0 aliphatic heterocycles. The zero-order chi connectivity index (χ0) is 12.9. The smallest absolute Gasteiger partial charge is 0.00641 e. The molecule has 0 amide bonds. The van der Waals surface area contributed by atoms with Gasteiger partial charge in [0.2, 0.25) is 0 Å². The van der Waals surface area contributed by atoms with Crippen LogP contribution in [0.5, 0.6) is 0 Å². The average Bonchev–Trinajstić information content (AvgIpc) is 2.22. The van der Waals surface area contributed by atoms with Crippen molar-refractivity contribution in [2.24, 2.45) is 17.3 Å². The van der Waals surface area contributed by atoms with Crippen LogP contribution in [0.25, 0.3) is 0 Å². The predicted octanol–water partition coefficient (Wildman–Crippen LogP) is 4.62. The Morgan fingerprint density at radius 1 is 1.06 bits per heavy atom. The fourth-order valence-corrected chi connectivity index (χ4v) is 3.02. The number of nitrogens with one attached hydrogen (secondary N) is 1. The van der Waals surface area contributed by atoms with E-state index in [-0.39, 0.29) is 0 Å². The lowest BCUT2D eigenvalue weighted by molar-refractivity contribution is 0.166. The Balaban J connectivity index is 2.46. The van der Waals surface area contributed by atoms with Gasteiger partial charge in [0.15, 0.2) is 0 Å². The van der Waals surface area contributed by atoms with Crippen LogP contribution in [0, 0.1) is 17.3 Å². The average molecular weight is 239 g/mol. The molecule has 1 heteroatoms. The Hall–Kier alpha value is -0.0400. The van der Waals surface area contributed by atoms with E-state index in [1.807, 2.05) is 0 Å². The Kier molecular flexibility index (Phi) is 5.99. The van der Waals surface area contributed by atoms with Crippen molar-refractivity contribution in [1.82, 2.24) is 5.32 Å². The first-order valence-corrected chi connectivity index (χ1v) is 7.63. The maximum Gasteiger partial charge on any atom is 0.00641 e. The van der Waals surface area contributed by atoms with Gasteiger partial charge in [0.1, 0.15) is 0 Å². The fourth-order valence-electron chi connectivity index (χ4n) is 3.02. The normalized spacial score (nSPS) is 27.9. The van der Waals surface area contributed by atoms with Crippen LogP contribution in [-0.2, 0) is 0 Å². The van der Waals surface area contributed by atoms with Crippen molar-refractivity contribution in [2.45, 2.75) is 78.7 Å². The molecule has 1 rings (SSSR count). The molecule has 1 N–H and O–H groups in total. The van der Waals surface area contributed by atoms with Crippen LogP contribution in [0.2, 0.25) is 0 Å². The Bertz CT molecular complexity index is 208. The molecule has 17 heavy (non-hydrogen) atoms. The van der Waals surface area contributed by atoms with E-state index >= 15 is 0 Å². The van der Waals surface area contributed by atoms with E-state index in [0.29, 0.717) is 5.41 Å². The predicted molar refractivity (Wildman–Crippen MR) is 77.3 cm³/mol. The zero-order valence-electron chi connectivity index (χ0n) is 12.7. The van der Waals surface area contributed by atoms with Gasteiger partial charge in [0.05, 0.1) is 0 Å². The summed E-state index contributed by atoms with van der Waals surface area (Å²) in [4.78, 5) is 0. The first kappa shape index (κ1) is 15.0. The van der Waals surface area contributed by atoms with Crippen molar-refractivity contribution in [1.29, 1.82) is 0 Å². The molecule has 0 spiro atoms. The molecular formula is C16H33N. The number of hydrogen-bond donors (Lipinski definition) is 1. The lowest BCUT2D eigenvalue weighted by Crippen LogP contribution is -2.29. The molecule has 1 aliphatic carbocycles. The largest absolute Gasteiger partial charge is 0.317 e. The van der Waals surface area contributed by atoms with E-state index in [4.69, 9.17) is 0 Å². The van der Waals surface area contributed by atoms with Gasteiger partial charge in [-0.3, -0.25) is 0 Å². The van der Waals surface area contributed by atoms with Gasteiger partial charge in [0, 0.05) is 6.04 Å². The summed E-state index contributed by atoms with van der Waals surface area (Å²) in [5, 5.41) is 3.48. The molecule has 0 saturated heterocycles. The van der Waals surface area contributed by atoms with Crippen LogP contribution >= 0.6 is 0 Å². The highest BCUT2D eigenvalue weighted by molar-refractivity contribution is 4.79. The Labute approximate surface area is 109 Å². The highest BCUT2D eigenvalue weighted by Gasteiger charge is 2.27. The molecule has 102 valence electrons. The van der Waals surface area contributed by atoms with E-state index in [9.17, 15) is 0 Å². The monoisotopic (exact) mass is 239 g/mol. The van der Waals surface area contributed by atoms with Gasteiger partial charge < -0.3 is 5.32 Å². The van der Waals surface area contributed by atoms with E-state index in [1.54, 1.807) is 0 Å². The van der Waals surface area contributed by atoms with Gasteiger partial charge >= 0.3 is 0 Å². The molecule has 0 radical (unpaired) electrons. The van der Waals surface area contributed by atoms with Gasteiger partial charge in [-0.1, -0.05) is 47.0 Å². The summed E-state index contributed by atoms with van der Waals surface area (Å²) in [5.74, 6) is 1.76. The second-order valence-electron chi connectivity index (χ2n) is 7.06. The van der Waals surface area contributed by atoms with Gasteiger partial charge in [0.25, 0.3) is 0 Å². The highest BCUT2D eigenvalue weighted by Crippen LogP contribution is 2.37. The van der Waals surface area contributed by atoms with E-state index in [1.165, 1.54) is 44.9 Å². The van der Waals surface area contributed by atoms with Gasteiger partial charge in [-0.05, 0) is 50.0 Å². The van der Waals surface area contributed by atoms with E-state index in [0.717, 1.165) is 17.9 Å². The van der Waals surface area contributed by atoms with Crippen molar-refractivity contribution < 1.29 is 0 Å². The van der Waals surface area contributed by atoms with Crippen molar-refractivity contribution >= 4 is 0 Å². The van der Waals surface area contributed by atoms with E-state index in [2.05, 4.69) is 40.1 Å². The summed E-state index contributed by atoms with van der Waals surface area (Å²) in [5.41, 5.74) is 0.513. The summed E-state index contributed by atoms with van der Waals surface area (Å²) in [6.07, 6.45) is 9.95. The molecule has 0 heterocycles. The lowest BCUT2D eigenvalue weighted by Gasteiger charge is -2.35. The third-order valence-electron chi connectivity index (χ3n) is 5.12. The maximum atomic E-state index is 3.48.